The van der Waals surface area contributed by atoms with Gasteiger partial charge in [0.25, 0.3) is 5.91 Å². The molecule has 1 aromatic carbocycles. The Morgan fingerprint density at radius 2 is 2.08 bits per heavy atom. The standard InChI is InChI=1S/C19H26N2O3/c1-14-7-6-11-20(13-14)17(22)10-12-21-15-8-4-5-9-16(15)24-19(2,3)18(21)23/h4-5,8-9,14H,6-7,10-13H2,1-3H3. The number of nitrogens with zero attached hydrogens (tertiary/aromatic N) is 2. The van der Waals surface area contributed by atoms with Gasteiger partial charge in [0.1, 0.15) is 5.75 Å². The van der Waals surface area contributed by atoms with Crippen LogP contribution in [0.5, 0.6) is 5.75 Å². The molecule has 0 bridgehead atoms. The van der Waals surface area contributed by atoms with Crippen LogP contribution in [0.2, 0.25) is 0 Å². The van der Waals surface area contributed by atoms with E-state index in [1.54, 1.807) is 18.7 Å². The van der Waals surface area contributed by atoms with Crippen molar-refractivity contribution in [2.75, 3.05) is 24.5 Å². The first-order valence-corrected chi connectivity index (χ1v) is 8.76. The van der Waals surface area contributed by atoms with Crippen molar-refractivity contribution in [2.24, 2.45) is 5.92 Å². The molecule has 1 aromatic rings. The highest BCUT2D eigenvalue weighted by Gasteiger charge is 2.40. The van der Waals surface area contributed by atoms with Gasteiger partial charge in [0.05, 0.1) is 5.69 Å². The summed E-state index contributed by atoms with van der Waals surface area (Å²) in [5, 5.41) is 0. The van der Waals surface area contributed by atoms with Crippen LogP contribution in [0, 0.1) is 5.92 Å². The van der Waals surface area contributed by atoms with Crippen molar-refractivity contribution in [2.45, 2.75) is 45.6 Å². The van der Waals surface area contributed by atoms with Gasteiger partial charge in [0.2, 0.25) is 5.91 Å². The van der Waals surface area contributed by atoms with Crippen molar-refractivity contribution in [3.05, 3.63) is 24.3 Å². The van der Waals surface area contributed by atoms with E-state index < -0.39 is 5.60 Å². The maximum atomic E-state index is 12.7. The summed E-state index contributed by atoms with van der Waals surface area (Å²) < 4.78 is 5.81. The molecule has 3 rings (SSSR count). The van der Waals surface area contributed by atoms with E-state index in [4.69, 9.17) is 4.74 Å². The molecule has 2 amide bonds. The zero-order valence-electron chi connectivity index (χ0n) is 14.7. The van der Waals surface area contributed by atoms with Gasteiger partial charge in [-0.25, -0.2) is 0 Å². The normalized spacial score (nSPS) is 22.8. The fourth-order valence-corrected chi connectivity index (χ4v) is 3.52. The minimum absolute atomic E-state index is 0.0963. The largest absolute Gasteiger partial charge is 0.476 e. The molecule has 1 saturated heterocycles. The van der Waals surface area contributed by atoms with Crippen LogP contribution in [0.1, 0.15) is 40.0 Å². The number of likely N-dealkylation sites (tertiary alicyclic amines) is 1. The van der Waals surface area contributed by atoms with Gasteiger partial charge in [0.15, 0.2) is 5.60 Å². The second-order valence-electron chi connectivity index (χ2n) is 7.37. The number of fused-ring (bicyclic) bond motifs is 1. The van der Waals surface area contributed by atoms with E-state index in [-0.39, 0.29) is 11.8 Å². The Bertz CT molecular complexity index is 641. The maximum Gasteiger partial charge on any atom is 0.270 e. The molecule has 2 heterocycles. The van der Waals surface area contributed by atoms with Gasteiger partial charge in [-0.2, -0.15) is 0 Å². The summed E-state index contributed by atoms with van der Waals surface area (Å²) in [6.07, 6.45) is 2.61. The fraction of sp³-hybridized carbons (Fsp3) is 0.579. The predicted molar refractivity (Wildman–Crippen MR) is 93.1 cm³/mol. The van der Waals surface area contributed by atoms with Crippen LogP contribution in [-0.4, -0.2) is 41.9 Å². The van der Waals surface area contributed by atoms with Gasteiger partial charge in [0, 0.05) is 26.1 Å². The molecule has 24 heavy (non-hydrogen) atoms. The highest BCUT2D eigenvalue weighted by molar-refractivity contribution is 6.02. The molecule has 0 radical (unpaired) electrons. The summed E-state index contributed by atoms with van der Waals surface area (Å²) in [6, 6.07) is 7.51. The van der Waals surface area contributed by atoms with Crippen molar-refractivity contribution < 1.29 is 14.3 Å². The summed E-state index contributed by atoms with van der Waals surface area (Å²) in [5.74, 6) is 1.30. The zero-order valence-corrected chi connectivity index (χ0v) is 14.7. The smallest absolute Gasteiger partial charge is 0.270 e. The third kappa shape index (κ3) is 3.25. The topological polar surface area (TPSA) is 49.9 Å². The Hall–Kier alpha value is -2.04. The highest BCUT2D eigenvalue weighted by Crippen LogP contribution is 2.37. The first-order chi connectivity index (χ1) is 11.4. The van der Waals surface area contributed by atoms with Crippen LogP contribution in [0.25, 0.3) is 0 Å². The molecule has 0 aromatic heterocycles. The molecule has 2 aliphatic rings. The minimum atomic E-state index is -0.906. The fourth-order valence-electron chi connectivity index (χ4n) is 3.52. The highest BCUT2D eigenvalue weighted by atomic mass is 16.5. The van der Waals surface area contributed by atoms with E-state index in [0.717, 1.165) is 25.2 Å². The monoisotopic (exact) mass is 330 g/mol. The van der Waals surface area contributed by atoms with Crippen LogP contribution in [-0.2, 0) is 9.59 Å². The van der Waals surface area contributed by atoms with Crippen molar-refractivity contribution >= 4 is 17.5 Å². The van der Waals surface area contributed by atoms with Crippen molar-refractivity contribution in [3.8, 4) is 5.75 Å². The van der Waals surface area contributed by atoms with Gasteiger partial charge in [-0.05, 0) is 44.7 Å². The summed E-state index contributed by atoms with van der Waals surface area (Å²) in [7, 11) is 0. The molecular formula is C19H26N2O3. The molecule has 0 N–H and O–H groups in total. The Morgan fingerprint density at radius 1 is 1.33 bits per heavy atom. The number of ether oxygens (including phenoxy) is 1. The molecule has 1 atom stereocenters. The molecule has 130 valence electrons. The van der Waals surface area contributed by atoms with Gasteiger partial charge in [-0.1, -0.05) is 19.1 Å². The van der Waals surface area contributed by atoms with Gasteiger partial charge < -0.3 is 14.5 Å². The predicted octanol–water partition coefficient (Wildman–Crippen LogP) is 2.84. The lowest BCUT2D eigenvalue weighted by Crippen LogP contribution is -2.53. The minimum Gasteiger partial charge on any atom is -0.476 e. The number of benzene rings is 1. The summed E-state index contributed by atoms with van der Waals surface area (Å²) in [6.45, 7) is 7.79. The summed E-state index contributed by atoms with van der Waals surface area (Å²) >= 11 is 0. The quantitative estimate of drug-likeness (QED) is 0.856. The van der Waals surface area contributed by atoms with E-state index >= 15 is 0 Å². The number of anilines is 1. The molecule has 1 unspecified atom stereocenters. The summed E-state index contributed by atoms with van der Waals surface area (Å²) in [4.78, 5) is 28.9. The maximum absolute atomic E-state index is 12.7. The van der Waals surface area contributed by atoms with Crippen LogP contribution in [0.15, 0.2) is 24.3 Å². The molecule has 0 spiro atoms. The average molecular weight is 330 g/mol. The second kappa shape index (κ2) is 6.46. The summed E-state index contributed by atoms with van der Waals surface area (Å²) in [5.41, 5.74) is -0.154. The average Bonchev–Trinajstić information content (AvgIpc) is 2.55. The van der Waals surface area contributed by atoms with E-state index in [1.807, 2.05) is 29.2 Å². The molecule has 5 heteroatoms. The number of carbonyl (C=O) groups excluding carboxylic acids is 2. The number of rotatable bonds is 3. The van der Waals surface area contributed by atoms with Gasteiger partial charge in [-0.15, -0.1) is 0 Å². The molecule has 1 fully saturated rings. The van der Waals surface area contributed by atoms with Gasteiger partial charge in [-0.3, -0.25) is 9.59 Å². The van der Waals surface area contributed by atoms with Crippen LogP contribution >= 0.6 is 0 Å². The number of carbonyl (C=O) groups is 2. The lowest BCUT2D eigenvalue weighted by molar-refractivity contribution is -0.134. The molecule has 0 aliphatic carbocycles. The Morgan fingerprint density at radius 3 is 2.83 bits per heavy atom. The Labute approximate surface area is 143 Å². The van der Waals surface area contributed by atoms with Crippen molar-refractivity contribution in [3.63, 3.8) is 0 Å². The Balaban J connectivity index is 1.72. The first kappa shape index (κ1) is 16.8. The van der Waals surface area contributed by atoms with E-state index in [2.05, 4.69) is 6.92 Å². The van der Waals surface area contributed by atoms with E-state index in [9.17, 15) is 9.59 Å². The van der Waals surface area contributed by atoms with Crippen molar-refractivity contribution in [1.82, 2.24) is 4.90 Å². The van der Waals surface area contributed by atoms with Crippen LogP contribution in [0.3, 0.4) is 0 Å². The molecular weight excluding hydrogens is 304 g/mol. The third-order valence-electron chi connectivity index (χ3n) is 4.84. The second-order valence-corrected chi connectivity index (χ2v) is 7.37. The molecule has 0 saturated carbocycles. The molecule has 5 nitrogen and oxygen atoms in total. The number of amides is 2. The van der Waals surface area contributed by atoms with E-state index in [1.165, 1.54) is 6.42 Å². The van der Waals surface area contributed by atoms with Crippen molar-refractivity contribution in [1.29, 1.82) is 0 Å². The zero-order chi connectivity index (χ0) is 17.3. The van der Waals surface area contributed by atoms with Crippen LogP contribution in [0.4, 0.5) is 5.69 Å². The number of para-hydroxylation sites is 2. The molecule has 2 aliphatic heterocycles. The lowest BCUT2D eigenvalue weighted by atomic mass is 10.00. The third-order valence-corrected chi connectivity index (χ3v) is 4.84. The van der Waals surface area contributed by atoms with E-state index in [0.29, 0.717) is 24.6 Å². The number of hydrogen-bond acceptors (Lipinski definition) is 3. The number of hydrogen-bond donors (Lipinski definition) is 0. The van der Waals surface area contributed by atoms with Crippen LogP contribution < -0.4 is 9.64 Å². The SMILES string of the molecule is CC1CCCN(C(=O)CCN2C(=O)C(C)(C)Oc3ccccc32)C1. The Kier molecular flexibility index (Phi) is 4.52. The van der Waals surface area contributed by atoms with Gasteiger partial charge >= 0.3 is 0 Å². The lowest BCUT2D eigenvalue weighted by Gasteiger charge is -2.39. The first-order valence-electron chi connectivity index (χ1n) is 8.76. The number of piperidine rings is 1.